The van der Waals surface area contributed by atoms with Crippen LogP contribution in [0.2, 0.25) is 0 Å². The van der Waals surface area contributed by atoms with Gasteiger partial charge in [-0.3, -0.25) is 0 Å². The molecule has 0 aromatic carbocycles. The van der Waals surface area contributed by atoms with E-state index in [-0.39, 0.29) is 5.92 Å². The second kappa shape index (κ2) is 6.80. The normalized spacial score (nSPS) is 28.0. The lowest BCUT2D eigenvalue weighted by Crippen LogP contribution is -2.36. The molecule has 0 saturated heterocycles. The lowest BCUT2D eigenvalue weighted by Gasteiger charge is -2.20. The van der Waals surface area contributed by atoms with E-state index in [1.807, 2.05) is 0 Å². The Kier molecular flexibility index (Phi) is 5.58. The van der Waals surface area contributed by atoms with Crippen LogP contribution in [-0.4, -0.2) is 19.1 Å². The Morgan fingerprint density at radius 1 is 1.29 bits per heavy atom. The highest BCUT2D eigenvalue weighted by atomic mass is 14.9. The number of nitrogens with zero attached hydrogens (tertiary/aromatic N) is 1. The Balaban J connectivity index is 2.33. The van der Waals surface area contributed by atoms with Crippen LogP contribution in [0.4, 0.5) is 0 Å². The van der Waals surface area contributed by atoms with Crippen molar-refractivity contribution in [1.29, 1.82) is 5.26 Å². The molecular formula is C11H21N3. The third-order valence-corrected chi connectivity index (χ3v) is 2.97. The first-order valence-corrected chi connectivity index (χ1v) is 5.71. The fraction of sp³-hybridized carbons (Fsp3) is 0.909. The van der Waals surface area contributed by atoms with E-state index >= 15 is 0 Å². The maximum absolute atomic E-state index is 9.03. The highest BCUT2D eigenvalue weighted by Crippen LogP contribution is 2.22. The summed E-state index contributed by atoms with van der Waals surface area (Å²) in [7, 11) is 0. The highest BCUT2D eigenvalue weighted by Gasteiger charge is 2.22. The van der Waals surface area contributed by atoms with Crippen LogP contribution in [0, 0.1) is 17.2 Å². The minimum Gasteiger partial charge on any atom is -0.330 e. The monoisotopic (exact) mass is 195 g/mol. The molecule has 2 unspecified atom stereocenters. The van der Waals surface area contributed by atoms with Crippen LogP contribution < -0.4 is 11.1 Å². The van der Waals surface area contributed by atoms with E-state index in [1.54, 1.807) is 0 Å². The van der Waals surface area contributed by atoms with Crippen molar-refractivity contribution < 1.29 is 0 Å². The van der Waals surface area contributed by atoms with Crippen molar-refractivity contribution in [2.75, 3.05) is 13.1 Å². The first kappa shape index (κ1) is 11.5. The fourth-order valence-corrected chi connectivity index (χ4v) is 2.10. The maximum Gasteiger partial charge on any atom is 0.0672 e. The zero-order valence-corrected chi connectivity index (χ0v) is 8.84. The van der Waals surface area contributed by atoms with Gasteiger partial charge in [0.1, 0.15) is 0 Å². The molecule has 1 fully saturated rings. The third kappa shape index (κ3) is 3.65. The zero-order valence-electron chi connectivity index (χ0n) is 8.84. The molecular weight excluding hydrogens is 174 g/mol. The van der Waals surface area contributed by atoms with E-state index in [4.69, 9.17) is 11.0 Å². The standard InChI is InChI=1S/C11H21N3/c12-7-4-8-14-11-6-3-1-2-5-10(11)9-13/h10-11,14H,1-8,12H2. The van der Waals surface area contributed by atoms with Gasteiger partial charge in [0.15, 0.2) is 0 Å². The quantitative estimate of drug-likeness (QED) is 0.526. The maximum atomic E-state index is 9.03. The van der Waals surface area contributed by atoms with Crippen LogP contribution in [0.15, 0.2) is 0 Å². The number of hydrogen-bond donors (Lipinski definition) is 2. The third-order valence-electron chi connectivity index (χ3n) is 2.97. The van der Waals surface area contributed by atoms with Crippen LogP contribution in [-0.2, 0) is 0 Å². The van der Waals surface area contributed by atoms with Gasteiger partial charge in [0.2, 0.25) is 0 Å². The minimum atomic E-state index is 0.218. The zero-order chi connectivity index (χ0) is 10.2. The van der Waals surface area contributed by atoms with Crippen molar-refractivity contribution in [3.63, 3.8) is 0 Å². The van der Waals surface area contributed by atoms with Gasteiger partial charge >= 0.3 is 0 Å². The molecule has 0 spiro atoms. The molecule has 3 N–H and O–H groups in total. The van der Waals surface area contributed by atoms with E-state index in [2.05, 4.69) is 11.4 Å². The summed E-state index contributed by atoms with van der Waals surface area (Å²) in [5.74, 6) is 0.218. The number of nitrogens with one attached hydrogen (secondary N) is 1. The summed E-state index contributed by atoms with van der Waals surface area (Å²) < 4.78 is 0. The predicted octanol–water partition coefficient (Wildman–Crippen LogP) is 1.40. The van der Waals surface area contributed by atoms with Crippen LogP contribution in [0.25, 0.3) is 0 Å². The number of rotatable bonds is 4. The largest absolute Gasteiger partial charge is 0.330 e. The molecule has 0 bridgehead atoms. The van der Waals surface area contributed by atoms with Crippen molar-refractivity contribution in [2.24, 2.45) is 11.7 Å². The average molecular weight is 195 g/mol. The average Bonchev–Trinajstić information content (AvgIpc) is 2.43. The first-order valence-electron chi connectivity index (χ1n) is 5.71. The smallest absolute Gasteiger partial charge is 0.0672 e. The van der Waals surface area contributed by atoms with Gasteiger partial charge in [0.05, 0.1) is 12.0 Å². The fourth-order valence-electron chi connectivity index (χ4n) is 2.10. The summed E-state index contributed by atoms with van der Waals surface area (Å²) in [5.41, 5.74) is 5.44. The Labute approximate surface area is 86.7 Å². The Hall–Kier alpha value is -0.590. The van der Waals surface area contributed by atoms with E-state index in [9.17, 15) is 0 Å². The summed E-state index contributed by atoms with van der Waals surface area (Å²) in [6.07, 6.45) is 6.99. The van der Waals surface area contributed by atoms with Crippen molar-refractivity contribution in [2.45, 2.75) is 44.6 Å². The molecule has 1 saturated carbocycles. The minimum absolute atomic E-state index is 0.218. The Morgan fingerprint density at radius 3 is 2.79 bits per heavy atom. The molecule has 0 amide bonds. The molecule has 0 aromatic heterocycles. The molecule has 0 aromatic rings. The summed E-state index contributed by atoms with van der Waals surface area (Å²) in [6.45, 7) is 1.69. The molecule has 3 heteroatoms. The molecule has 0 heterocycles. The SMILES string of the molecule is N#CC1CCCCCC1NCCCN. The van der Waals surface area contributed by atoms with Crippen LogP contribution >= 0.6 is 0 Å². The topological polar surface area (TPSA) is 61.8 Å². The van der Waals surface area contributed by atoms with Crippen LogP contribution in [0.5, 0.6) is 0 Å². The second-order valence-electron chi connectivity index (χ2n) is 4.08. The van der Waals surface area contributed by atoms with E-state index in [1.165, 1.54) is 19.3 Å². The summed E-state index contributed by atoms with van der Waals surface area (Å²) in [6, 6.07) is 2.84. The van der Waals surface area contributed by atoms with Gasteiger partial charge < -0.3 is 11.1 Å². The molecule has 1 aliphatic carbocycles. The highest BCUT2D eigenvalue weighted by molar-refractivity contribution is 4.93. The summed E-state index contributed by atoms with van der Waals surface area (Å²) in [4.78, 5) is 0. The molecule has 1 aliphatic rings. The molecule has 0 radical (unpaired) electrons. The first-order chi connectivity index (χ1) is 6.88. The molecule has 1 rings (SSSR count). The molecule has 0 aliphatic heterocycles. The summed E-state index contributed by atoms with van der Waals surface area (Å²) >= 11 is 0. The Morgan fingerprint density at radius 2 is 2.07 bits per heavy atom. The lowest BCUT2D eigenvalue weighted by atomic mass is 9.96. The number of nitriles is 1. The molecule has 3 nitrogen and oxygen atoms in total. The van der Waals surface area contributed by atoms with E-state index in [0.717, 1.165) is 32.4 Å². The van der Waals surface area contributed by atoms with Gasteiger partial charge in [-0.1, -0.05) is 19.3 Å². The lowest BCUT2D eigenvalue weighted by molar-refractivity contribution is 0.394. The predicted molar refractivity (Wildman–Crippen MR) is 57.7 cm³/mol. The van der Waals surface area contributed by atoms with Crippen LogP contribution in [0.3, 0.4) is 0 Å². The van der Waals surface area contributed by atoms with Crippen molar-refractivity contribution in [1.82, 2.24) is 5.32 Å². The van der Waals surface area contributed by atoms with Crippen molar-refractivity contribution in [3.8, 4) is 6.07 Å². The van der Waals surface area contributed by atoms with Gasteiger partial charge in [-0.25, -0.2) is 0 Å². The van der Waals surface area contributed by atoms with E-state index < -0.39 is 0 Å². The van der Waals surface area contributed by atoms with Gasteiger partial charge in [-0.05, 0) is 32.4 Å². The summed E-state index contributed by atoms with van der Waals surface area (Å²) in [5, 5.41) is 12.5. The molecule has 80 valence electrons. The van der Waals surface area contributed by atoms with Crippen molar-refractivity contribution >= 4 is 0 Å². The number of nitrogens with two attached hydrogens (primary N) is 1. The van der Waals surface area contributed by atoms with Crippen LogP contribution in [0.1, 0.15) is 38.5 Å². The van der Waals surface area contributed by atoms with Crippen molar-refractivity contribution in [3.05, 3.63) is 0 Å². The van der Waals surface area contributed by atoms with Gasteiger partial charge in [-0.15, -0.1) is 0 Å². The van der Waals surface area contributed by atoms with Gasteiger partial charge in [-0.2, -0.15) is 5.26 Å². The number of hydrogen-bond acceptors (Lipinski definition) is 3. The van der Waals surface area contributed by atoms with E-state index in [0.29, 0.717) is 6.04 Å². The molecule has 14 heavy (non-hydrogen) atoms. The van der Waals surface area contributed by atoms with Gasteiger partial charge in [0, 0.05) is 6.04 Å². The Bertz CT molecular complexity index is 185. The molecule has 2 atom stereocenters. The van der Waals surface area contributed by atoms with Gasteiger partial charge in [0.25, 0.3) is 0 Å². The second-order valence-corrected chi connectivity index (χ2v) is 4.08.